The van der Waals surface area contributed by atoms with E-state index >= 15 is 0 Å². The smallest absolute Gasteiger partial charge is 0.248 e. The van der Waals surface area contributed by atoms with Crippen molar-refractivity contribution < 1.29 is 23.7 Å². The quantitative estimate of drug-likeness (QED) is 0.332. The lowest BCUT2D eigenvalue weighted by molar-refractivity contribution is -0.111. The molecule has 3 aromatic heterocycles. The minimum absolute atomic E-state index is 0.265. The fourth-order valence-electron chi connectivity index (χ4n) is 4.02. The van der Waals surface area contributed by atoms with Gasteiger partial charge in [0, 0.05) is 53.6 Å². The first kappa shape index (κ1) is 25.4. The highest BCUT2D eigenvalue weighted by molar-refractivity contribution is 7.20. The summed E-state index contributed by atoms with van der Waals surface area (Å²) in [5, 5.41) is 2.85. The van der Waals surface area contributed by atoms with Crippen LogP contribution in [0.4, 0.5) is 11.5 Å². The highest BCUT2D eigenvalue weighted by Crippen LogP contribution is 2.35. The molecule has 0 radical (unpaired) electrons. The number of nitrogens with zero attached hydrogens (tertiary/aromatic N) is 4. The number of pyridine rings is 1. The van der Waals surface area contributed by atoms with Crippen LogP contribution in [0.1, 0.15) is 4.88 Å². The first-order valence-electron chi connectivity index (χ1n) is 11.9. The standard InChI is InChI=1S/C27H27N5O5S/c1-34-21-7-5-18(14-22(21)35-2)29-23(33)8-6-19-15-20-25(38-19)27(32-10-12-37-13-11-32)31-26(30-20)17-4-9-24(36-3)28-16-17/h4-9,14-16H,10-13H2,1-3H3,(H,29,33)/b8-6+. The number of carbonyl (C=O) groups is 1. The summed E-state index contributed by atoms with van der Waals surface area (Å²) >= 11 is 1.54. The van der Waals surface area contributed by atoms with E-state index in [9.17, 15) is 4.79 Å². The van der Waals surface area contributed by atoms with E-state index in [1.54, 1.807) is 69.2 Å². The van der Waals surface area contributed by atoms with Gasteiger partial charge in [-0.1, -0.05) is 0 Å². The second-order valence-electron chi connectivity index (χ2n) is 8.31. The van der Waals surface area contributed by atoms with Crippen LogP contribution >= 0.6 is 11.3 Å². The van der Waals surface area contributed by atoms with Crippen LogP contribution in [-0.2, 0) is 9.53 Å². The Hall–Kier alpha value is -4.22. The zero-order valence-electron chi connectivity index (χ0n) is 21.3. The first-order valence-corrected chi connectivity index (χ1v) is 12.8. The number of methoxy groups -OCH3 is 3. The number of morpholine rings is 1. The fourth-order valence-corrected chi connectivity index (χ4v) is 5.04. The summed E-state index contributed by atoms with van der Waals surface area (Å²) < 4.78 is 22.2. The van der Waals surface area contributed by atoms with Crippen LogP contribution in [0.15, 0.2) is 48.7 Å². The molecule has 0 unspecified atom stereocenters. The van der Waals surface area contributed by atoms with Gasteiger partial charge in [0.1, 0.15) is 0 Å². The molecule has 1 fully saturated rings. The maximum atomic E-state index is 12.6. The summed E-state index contributed by atoms with van der Waals surface area (Å²) in [6, 6.07) is 10.9. The van der Waals surface area contributed by atoms with Gasteiger partial charge in [0.2, 0.25) is 11.8 Å². The number of rotatable bonds is 8. The van der Waals surface area contributed by atoms with E-state index in [1.165, 1.54) is 6.08 Å². The summed E-state index contributed by atoms with van der Waals surface area (Å²) in [5.74, 6) is 2.82. The van der Waals surface area contributed by atoms with Gasteiger partial charge in [0.05, 0.1) is 44.8 Å². The molecule has 0 atom stereocenters. The highest BCUT2D eigenvalue weighted by atomic mass is 32.1. The van der Waals surface area contributed by atoms with Crippen molar-refractivity contribution in [3.05, 3.63) is 53.5 Å². The molecule has 1 aliphatic heterocycles. The first-order chi connectivity index (χ1) is 18.6. The Labute approximate surface area is 223 Å². The minimum Gasteiger partial charge on any atom is -0.493 e. The van der Waals surface area contributed by atoms with E-state index in [0.717, 1.165) is 39.6 Å². The molecule has 1 aromatic carbocycles. The molecule has 11 heteroatoms. The second-order valence-corrected chi connectivity index (χ2v) is 9.40. The Kier molecular flexibility index (Phi) is 7.66. The van der Waals surface area contributed by atoms with Gasteiger partial charge in [-0.05, 0) is 30.3 Å². The number of ether oxygens (including phenoxy) is 4. The number of thiophene rings is 1. The number of amides is 1. The number of aromatic nitrogens is 3. The Morgan fingerprint density at radius 3 is 2.55 bits per heavy atom. The molecule has 10 nitrogen and oxygen atoms in total. The van der Waals surface area contributed by atoms with Crippen LogP contribution in [-0.4, -0.2) is 68.5 Å². The second kappa shape index (κ2) is 11.4. The molecule has 4 aromatic rings. The lowest BCUT2D eigenvalue weighted by Crippen LogP contribution is -2.36. The molecule has 0 spiro atoms. The van der Waals surface area contributed by atoms with Gasteiger partial charge < -0.3 is 29.2 Å². The van der Waals surface area contributed by atoms with Crippen molar-refractivity contribution in [2.45, 2.75) is 0 Å². The van der Waals surface area contributed by atoms with E-state index < -0.39 is 0 Å². The zero-order chi connectivity index (χ0) is 26.5. The Bertz CT molecular complexity index is 1460. The summed E-state index contributed by atoms with van der Waals surface area (Å²) in [6.07, 6.45) is 4.98. The van der Waals surface area contributed by atoms with E-state index in [4.69, 9.17) is 28.9 Å². The normalized spacial score (nSPS) is 13.6. The van der Waals surface area contributed by atoms with Gasteiger partial charge in [-0.25, -0.2) is 15.0 Å². The van der Waals surface area contributed by atoms with Gasteiger partial charge in [0.15, 0.2) is 23.1 Å². The third-order valence-corrected chi connectivity index (χ3v) is 7.02. The lowest BCUT2D eigenvalue weighted by Gasteiger charge is -2.28. The predicted octanol–water partition coefficient (Wildman–Crippen LogP) is 4.27. The number of hydrogen-bond donors (Lipinski definition) is 1. The van der Waals surface area contributed by atoms with Crippen LogP contribution in [0.3, 0.4) is 0 Å². The Balaban J connectivity index is 1.43. The molecular formula is C27H27N5O5S. The van der Waals surface area contributed by atoms with Crippen molar-refractivity contribution in [3.63, 3.8) is 0 Å². The maximum absolute atomic E-state index is 12.6. The molecule has 196 valence electrons. The monoisotopic (exact) mass is 533 g/mol. The van der Waals surface area contributed by atoms with Gasteiger partial charge in [-0.3, -0.25) is 4.79 Å². The van der Waals surface area contributed by atoms with Crippen LogP contribution in [0.25, 0.3) is 27.7 Å². The van der Waals surface area contributed by atoms with Gasteiger partial charge in [-0.2, -0.15) is 0 Å². The average Bonchev–Trinajstić information content (AvgIpc) is 3.39. The molecule has 0 aliphatic carbocycles. The average molecular weight is 534 g/mol. The van der Waals surface area contributed by atoms with E-state index in [2.05, 4.69) is 15.2 Å². The number of carbonyl (C=O) groups excluding carboxylic acids is 1. The van der Waals surface area contributed by atoms with Crippen LogP contribution in [0.5, 0.6) is 17.4 Å². The molecule has 1 saturated heterocycles. The minimum atomic E-state index is -0.265. The van der Waals surface area contributed by atoms with Gasteiger partial charge in [-0.15, -0.1) is 11.3 Å². The summed E-state index contributed by atoms with van der Waals surface area (Å²) in [4.78, 5) is 29.7. The fraction of sp³-hybridized carbons (Fsp3) is 0.259. The van der Waals surface area contributed by atoms with Crippen molar-refractivity contribution in [1.29, 1.82) is 0 Å². The third kappa shape index (κ3) is 5.53. The molecule has 38 heavy (non-hydrogen) atoms. The lowest BCUT2D eigenvalue weighted by atomic mass is 10.2. The summed E-state index contributed by atoms with van der Waals surface area (Å²) in [6.45, 7) is 2.76. The van der Waals surface area contributed by atoms with Gasteiger partial charge in [0.25, 0.3) is 0 Å². The Morgan fingerprint density at radius 1 is 1.03 bits per heavy atom. The van der Waals surface area contributed by atoms with Gasteiger partial charge >= 0.3 is 0 Å². The van der Waals surface area contributed by atoms with Crippen molar-refractivity contribution >= 4 is 45.0 Å². The predicted molar refractivity (Wildman–Crippen MR) is 147 cm³/mol. The molecule has 0 saturated carbocycles. The molecular weight excluding hydrogens is 506 g/mol. The summed E-state index contributed by atoms with van der Waals surface area (Å²) in [7, 11) is 4.70. The largest absolute Gasteiger partial charge is 0.493 e. The Morgan fingerprint density at radius 2 is 1.84 bits per heavy atom. The highest BCUT2D eigenvalue weighted by Gasteiger charge is 2.20. The molecule has 4 heterocycles. The number of hydrogen-bond acceptors (Lipinski definition) is 10. The molecule has 1 amide bonds. The van der Waals surface area contributed by atoms with Crippen LogP contribution < -0.4 is 24.4 Å². The van der Waals surface area contributed by atoms with E-state index in [0.29, 0.717) is 42.1 Å². The number of nitrogens with one attached hydrogen (secondary N) is 1. The number of anilines is 2. The van der Waals surface area contributed by atoms with E-state index in [1.807, 2.05) is 12.1 Å². The molecule has 5 rings (SSSR count). The molecule has 1 N–H and O–H groups in total. The van der Waals surface area contributed by atoms with Crippen LogP contribution in [0, 0.1) is 0 Å². The van der Waals surface area contributed by atoms with Crippen molar-refractivity contribution in [2.24, 2.45) is 0 Å². The topological polar surface area (TPSA) is 108 Å². The van der Waals surface area contributed by atoms with Crippen LogP contribution in [0.2, 0.25) is 0 Å². The zero-order valence-corrected chi connectivity index (χ0v) is 22.1. The van der Waals surface area contributed by atoms with E-state index in [-0.39, 0.29) is 5.91 Å². The SMILES string of the molecule is COc1ccc(-c2nc(N3CCOCC3)c3sc(/C=C/C(=O)Nc4ccc(OC)c(OC)c4)cc3n2)cn1. The summed E-state index contributed by atoms with van der Waals surface area (Å²) in [5.41, 5.74) is 2.20. The van der Waals surface area contributed by atoms with Crippen molar-refractivity contribution in [1.82, 2.24) is 15.0 Å². The number of fused-ring (bicyclic) bond motifs is 1. The third-order valence-electron chi connectivity index (χ3n) is 5.94. The molecule has 1 aliphatic rings. The maximum Gasteiger partial charge on any atom is 0.248 e. The number of benzene rings is 1. The van der Waals surface area contributed by atoms with Crippen molar-refractivity contribution in [2.75, 3.05) is 57.8 Å². The molecule has 0 bridgehead atoms. The van der Waals surface area contributed by atoms with Crippen molar-refractivity contribution in [3.8, 4) is 28.8 Å².